The molecule has 0 amide bonds. The third kappa shape index (κ3) is 12.2. The van der Waals surface area contributed by atoms with Gasteiger partial charge < -0.3 is 10.6 Å². The summed E-state index contributed by atoms with van der Waals surface area (Å²) in [7, 11) is 0. The first-order valence-electron chi connectivity index (χ1n) is 9.45. The molecule has 0 aromatic heterocycles. The summed E-state index contributed by atoms with van der Waals surface area (Å²) >= 11 is 0. The van der Waals surface area contributed by atoms with E-state index in [1.165, 1.54) is 0 Å². The van der Waals surface area contributed by atoms with E-state index in [1.807, 2.05) is 0 Å². The van der Waals surface area contributed by atoms with Gasteiger partial charge in [-0.1, -0.05) is 0 Å². The van der Waals surface area contributed by atoms with Gasteiger partial charge in [0.15, 0.2) is 0 Å². The molecule has 1 heterocycles. The molecule has 0 spiro atoms. The second-order valence-electron chi connectivity index (χ2n) is 8.47. The van der Waals surface area contributed by atoms with Crippen molar-refractivity contribution in [3.05, 3.63) is 0 Å². The number of hydrogen-bond donors (Lipinski definition) is 2. The Hall–Kier alpha value is -0.240. The molecule has 0 unspecified atom stereocenters. The van der Waals surface area contributed by atoms with Crippen LogP contribution in [0.2, 0.25) is 0 Å². The molecule has 0 aromatic rings. The summed E-state index contributed by atoms with van der Waals surface area (Å²) in [5.74, 6) is 0. The molecular formula is C18H40N4O2. The van der Waals surface area contributed by atoms with E-state index in [-0.39, 0.29) is 11.2 Å². The molecule has 144 valence electrons. The Morgan fingerprint density at radius 1 is 0.583 bits per heavy atom. The van der Waals surface area contributed by atoms with Crippen LogP contribution in [0.15, 0.2) is 0 Å². The second-order valence-corrected chi connectivity index (χ2v) is 8.47. The van der Waals surface area contributed by atoms with Crippen molar-refractivity contribution in [2.24, 2.45) is 0 Å². The molecule has 1 rings (SSSR count). The van der Waals surface area contributed by atoms with Crippen LogP contribution >= 0.6 is 0 Å². The van der Waals surface area contributed by atoms with Crippen LogP contribution < -0.4 is 10.6 Å². The second kappa shape index (κ2) is 10.7. The van der Waals surface area contributed by atoms with E-state index in [4.69, 9.17) is 9.68 Å². The van der Waals surface area contributed by atoms with Crippen molar-refractivity contribution in [2.45, 2.75) is 65.6 Å². The lowest BCUT2D eigenvalue weighted by Gasteiger charge is -2.33. The van der Waals surface area contributed by atoms with Crippen molar-refractivity contribution >= 4 is 0 Å². The summed E-state index contributed by atoms with van der Waals surface area (Å²) in [4.78, 5) is 12.2. The van der Waals surface area contributed by atoms with Crippen LogP contribution in [-0.2, 0) is 9.68 Å². The Kier molecular flexibility index (Phi) is 9.71. The highest BCUT2D eigenvalue weighted by atomic mass is 16.7. The number of nitrogens with one attached hydrogen (secondary N) is 2. The van der Waals surface area contributed by atoms with Crippen LogP contribution in [0.5, 0.6) is 0 Å². The molecule has 6 heteroatoms. The molecule has 6 nitrogen and oxygen atoms in total. The highest BCUT2D eigenvalue weighted by Gasteiger charge is 2.19. The lowest BCUT2D eigenvalue weighted by molar-refractivity contribution is -0.242. The Morgan fingerprint density at radius 2 is 1.00 bits per heavy atom. The molecule has 0 saturated carbocycles. The Labute approximate surface area is 149 Å². The van der Waals surface area contributed by atoms with Gasteiger partial charge in [-0.2, -0.15) is 10.1 Å². The third-order valence-electron chi connectivity index (χ3n) is 3.40. The molecule has 0 bridgehead atoms. The summed E-state index contributed by atoms with van der Waals surface area (Å²) in [6, 6.07) is 0. The van der Waals surface area contributed by atoms with Crippen LogP contribution in [-0.4, -0.2) is 73.7 Å². The lowest BCUT2D eigenvalue weighted by atomic mass is 10.2. The number of hydroxylamine groups is 4. The van der Waals surface area contributed by atoms with Crippen molar-refractivity contribution in [3.63, 3.8) is 0 Å². The molecule has 0 aliphatic carbocycles. The van der Waals surface area contributed by atoms with Gasteiger partial charge in [-0.15, -0.1) is 0 Å². The van der Waals surface area contributed by atoms with Crippen molar-refractivity contribution in [2.75, 3.05) is 52.4 Å². The van der Waals surface area contributed by atoms with E-state index >= 15 is 0 Å². The van der Waals surface area contributed by atoms with Gasteiger partial charge in [-0.3, -0.25) is 9.68 Å². The van der Waals surface area contributed by atoms with Crippen molar-refractivity contribution in [1.29, 1.82) is 0 Å². The molecule has 1 fully saturated rings. The molecular weight excluding hydrogens is 304 g/mol. The molecule has 1 saturated heterocycles. The Morgan fingerprint density at radius 3 is 1.38 bits per heavy atom. The topological polar surface area (TPSA) is 49.0 Å². The first-order chi connectivity index (χ1) is 11.2. The minimum atomic E-state index is -0.156. The average molecular weight is 345 g/mol. The van der Waals surface area contributed by atoms with Gasteiger partial charge in [0.2, 0.25) is 0 Å². The molecule has 1 aliphatic heterocycles. The predicted molar refractivity (Wildman–Crippen MR) is 99.8 cm³/mol. The van der Waals surface area contributed by atoms with Gasteiger partial charge >= 0.3 is 0 Å². The van der Waals surface area contributed by atoms with E-state index in [9.17, 15) is 0 Å². The van der Waals surface area contributed by atoms with E-state index in [1.54, 1.807) is 0 Å². The van der Waals surface area contributed by atoms with Gasteiger partial charge in [-0.25, -0.2) is 0 Å². The van der Waals surface area contributed by atoms with Gasteiger partial charge in [-0.05, 0) is 67.5 Å². The monoisotopic (exact) mass is 344 g/mol. The lowest BCUT2D eigenvalue weighted by Crippen LogP contribution is -2.42. The van der Waals surface area contributed by atoms with Crippen LogP contribution in [0.4, 0.5) is 0 Å². The fourth-order valence-electron chi connectivity index (χ4n) is 2.60. The normalized spacial score (nSPS) is 22.2. The first kappa shape index (κ1) is 21.8. The number of nitrogens with zero attached hydrogens (tertiary/aromatic N) is 2. The number of hydrogen-bond acceptors (Lipinski definition) is 6. The zero-order valence-electron chi connectivity index (χ0n) is 16.8. The highest BCUT2D eigenvalue weighted by Crippen LogP contribution is 2.13. The van der Waals surface area contributed by atoms with Crippen LogP contribution in [0, 0.1) is 0 Å². The van der Waals surface area contributed by atoms with Crippen molar-refractivity contribution < 1.29 is 9.68 Å². The molecule has 0 aromatic carbocycles. The zero-order valence-corrected chi connectivity index (χ0v) is 16.8. The zero-order chi connectivity index (χ0) is 18.1. The Balaban J connectivity index is 2.57. The van der Waals surface area contributed by atoms with Crippen molar-refractivity contribution in [1.82, 2.24) is 20.8 Å². The van der Waals surface area contributed by atoms with Crippen molar-refractivity contribution in [3.8, 4) is 0 Å². The quantitative estimate of drug-likeness (QED) is 0.799. The fourth-order valence-corrected chi connectivity index (χ4v) is 2.60. The summed E-state index contributed by atoms with van der Waals surface area (Å²) in [5.41, 5.74) is -0.312. The standard InChI is InChI=1S/C18H40N4O2/c1-17(2,3)23-21-13-8-14-22(24-18(4,5)6)16-12-20-10-7-9-19-11-15-21/h19-20H,7-16H2,1-6H3. The summed E-state index contributed by atoms with van der Waals surface area (Å²) < 4.78 is 0. The minimum Gasteiger partial charge on any atom is -0.315 e. The van der Waals surface area contributed by atoms with Crippen LogP contribution in [0.1, 0.15) is 54.4 Å². The molecule has 0 atom stereocenters. The van der Waals surface area contributed by atoms with Gasteiger partial charge in [0.1, 0.15) is 0 Å². The van der Waals surface area contributed by atoms with E-state index in [0.29, 0.717) is 0 Å². The fraction of sp³-hybridized carbons (Fsp3) is 1.00. The minimum absolute atomic E-state index is 0.156. The van der Waals surface area contributed by atoms with Gasteiger partial charge in [0.25, 0.3) is 0 Å². The number of rotatable bonds is 2. The maximum atomic E-state index is 6.10. The smallest absolute Gasteiger partial charge is 0.0815 e. The SMILES string of the molecule is CC(C)(C)ON1CCCN(OC(C)(C)C)CCNCCCNCC1. The largest absolute Gasteiger partial charge is 0.315 e. The summed E-state index contributed by atoms with van der Waals surface area (Å²) in [6.45, 7) is 20.3. The van der Waals surface area contributed by atoms with E-state index in [0.717, 1.165) is 65.2 Å². The predicted octanol–water partition coefficient (Wildman–Crippen LogP) is 2.02. The van der Waals surface area contributed by atoms with E-state index in [2.05, 4.69) is 62.3 Å². The maximum Gasteiger partial charge on any atom is 0.0815 e. The first-order valence-corrected chi connectivity index (χ1v) is 9.45. The van der Waals surface area contributed by atoms with Gasteiger partial charge in [0, 0.05) is 39.3 Å². The molecule has 2 N–H and O–H groups in total. The van der Waals surface area contributed by atoms with Crippen LogP contribution in [0.25, 0.3) is 0 Å². The molecule has 0 radical (unpaired) electrons. The summed E-state index contributed by atoms with van der Waals surface area (Å²) in [6.07, 6.45) is 2.16. The maximum absolute atomic E-state index is 6.10. The molecule has 1 aliphatic rings. The van der Waals surface area contributed by atoms with E-state index < -0.39 is 0 Å². The Bertz CT molecular complexity index is 296. The third-order valence-corrected chi connectivity index (χ3v) is 3.40. The summed E-state index contributed by atoms with van der Waals surface area (Å²) in [5, 5.41) is 11.2. The van der Waals surface area contributed by atoms with Crippen LogP contribution in [0.3, 0.4) is 0 Å². The van der Waals surface area contributed by atoms with Gasteiger partial charge in [0.05, 0.1) is 11.2 Å². The molecule has 24 heavy (non-hydrogen) atoms. The average Bonchev–Trinajstić information content (AvgIpc) is 2.41. The highest BCUT2D eigenvalue weighted by molar-refractivity contribution is 4.64.